The van der Waals surface area contributed by atoms with Gasteiger partial charge in [0.1, 0.15) is 5.82 Å². The highest BCUT2D eigenvalue weighted by atomic mass is 35.5. The van der Waals surface area contributed by atoms with E-state index in [9.17, 15) is 9.18 Å². The molecule has 0 unspecified atom stereocenters. The smallest absolute Gasteiger partial charge is 0.233 e. The van der Waals surface area contributed by atoms with E-state index in [4.69, 9.17) is 0 Å². The molecule has 5 heteroatoms. The Hall–Kier alpha value is -1.13. The van der Waals surface area contributed by atoms with Crippen LogP contribution in [0.1, 0.15) is 37.7 Å². The van der Waals surface area contributed by atoms with Crippen LogP contribution >= 0.6 is 12.4 Å². The van der Waals surface area contributed by atoms with Gasteiger partial charge in [-0.25, -0.2) is 4.39 Å². The predicted molar refractivity (Wildman–Crippen MR) is 90.0 cm³/mol. The number of carbonyl (C=O) groups is 1. The quantitative estimate of drug-likeness (QED) is 0.900. The molecule has 1 aromatic carbocycles. The standard InChI is InChI=1S/C17H25FN2O.ClH/c1-19-11-12-20(2)16(21)17(9-4-3-5-10-17)14-7-6-8-15(18)13-14;/h6-8,13,19H,3-5,9-12H2,1-2H3;1H. The summed E-state index contributed by atoms with van der Waals surface area (Å²) in [6.07, 6.45) is 4.85. The maximum absolute atomic E-state index is 13.6. The minimum absolute atomic E-state index is 0. The van der Waals surface area contributed by atoms with Gasteiger partial charge in [0.2, 0.25) is 5.91 Å². The third kappa shape index (κ3) is 3.99. The van der Waals surface area contributed by atoms with Crippen molar-refractivity contribution >= 4 is 18.3 Å². The summed E-state index contributed by atoms with van der Waals surface area (Å²) in [7, 11) is 3.72. The third-order valence-electron chi connectivity index (χ3n) is 4.54. The van der Waals surface area contributed by atoms with E-state index in [-0.39, 0.29) is 24.1 Å². The van der Waals surface area contributed by atoms with Gasteiger partial charge >= 0.3 is 0 Å². The Morgan fingerprint density at radius 1 is 1.32 bits per heavy atom. The van der Waals surface area contributed by atoms with E-state index in [1.807, 2.05) is 20.2 Å². The summed E-state index contributed by atoms with van der Waals surface area (Å²) in [5.74, 6) is -0.133. The highest BCUT2D eigenvalue weighted by molar-refractivity contribution is 5.88. The molecule has 22 heavy (non-hydrogen) atoms. The first kappa shape index (κ1) is 18.9. The summed E-state index contributed by atoms with van der Waals surface area (Å²) in [6.45, 7) is 1.44. The molecule has 0 aliphatic heterocycles. The molecule has 2 rings (SSSR count). The minimum atomic E-state index is -0.539. The van der Waals surface area contributed by atoms with Gasteiger partial charge in [0, 0.05) is 20.1 Å². The van der Waals surface area contributed by atoms with E-state index in [1.54, 1.807) is 11.0 Å². The van der Waals surface area contributed by atoms with Crippen LogP contribution in [0.2, 0.25) is 0 Å². The first-order valence-electron chi connectivity index (χ1n) is 7.76. The van der Waals surface area contributed by atoms with Crippen LogP contribution in [0.4, 0.5) is 4.39 Å². The fourth-order valence-corrected chi connectivity index (χ4v) is 3.31. The molecule has 124 valence electrons. The highest BCUT2D eigenvalue weighted by Crippen LogP contribution is 2.41. The Morgan fingerprint density at radius 3 is 2.59 bits per heavy atom. The van der Waals surface area contributed by atoms with E-state index in [0.717, 1.165) is 44.2 Å². The lowest BCUT2D eigenvalue weighted by molar-refractivity contribution is -0.137. The summed E-state index contributed by atoms with van der Waals surface area (Å²) < 4.78 is 13.6. The van der Waals surface area contributed by atoms with Gasteiger partial charge in [-0.3, -0.25) is 4.79 Å². The number of nitrogens with one attached hydrogen (secondary N) is 1. The van der Waals surface area contributed by atoms with Crippen LogP contribution in [-0.2, 0) is 10.2 Å². The maximum atomic E-state index is 13.6. The third-order valence-corrected chi connectivity index (χ3v) is 4.54. The number of carbonyl (C=O) groups excluding carboxylic acids is 1. The van der Waals surface area contributed by atoms with Crippen molar-refractivity contribution in [1.29, 1.82) is 0 Å². The number of nitrogens with zero attached hydrogens (tertiary/aromatic N) is 1. The van der Waals surface area contributed by atoms with Crippen LogP contribution in [0, 0.1) is 5.82 Å². The van der Waals surface area contributed by atoms with Gasteiger partial charge < -0.3 is 10.2 Å². The Labute approximate surface area is 138 Å². The maximum Gasteiger partial charge on any atom is 0.233 e. The zero-order valence-corrected chi connectivity index (χ0v) is 14.2. The van der Waals surface area contributed by atoms with E-state index < -0.39 is 5.41 Å². The average molecular weight is 329 g/mol. The molecule has 1 aliphatic carbocycles. The van der Waals surface area contributed by atoms with E-state index in [2.05, 4.69) is 5.32 Å². The molecule has 1 fully saturated rings. The molecule has 1 N–H and O–H groups in total. The van der Waals surface area contributed by atoms with Crippen LogP contribution in [0.25, 0.3) is 0 Å². The van der Waals surface area contributed by atoms with Crippen molar-refractivity contribution in [2.24, 2.45) is 0 Å². The number of hydrogen-bond acceptors (Lipinski definition) is 2. The Kier molecular flexibility index (Phi) is 7.30. The van der Waals surface area contributed by atoms with Gasteiger partial charge in [-0.2, -0.15) is 0 Å². The zero-order chi connectivity index (χ0) is 15.3. The van der Waals surface area contributed by atoms with Gasteiger partial charge in [-0.05, 0) is 37.6 Å². The van der Waals surface area contributed by atoms with E-state index >= 15 is 0 Å². The van der Waals surface area contributed by atoms with E-state index in [1.165, 1.54) is 12.1 Å². The van der Waals surface area contributed by atoms with Crippen molar-refractivity contribution < 1.29 is 9.18 Å². The molecule has 0 spiro atoms. The molecule has 1 amide bonds. The Bertz CT molecular complexity index is 489. The second kappa shape index (κ2) is 8.49. The largest absolute Gasteiger partial charge is 0.344 e. The van der Waals surface area contributed by atoms with Crippen molar-refractivity contribution in [3.63, 3.8) is 0 Å². The average Bonchev–Trinajstić information content (AvgIpc) is 2.52. The van der Waals surface area contributed by atoms with Crippen LogP contribution in [0.5, 0.6) is 0 Å². The topological polar surface area (TPSA) is 32.3 Å². The number of benzene rings is 1. The molecule has 1 aromatic rings. The predicted octanol–water partition coefficient (Wildman–Crippen LogP) is 3.13. The lowest BCUT2D eigenvalue weighted by Crippen LogP contribution is -2.48. The van der Waals surface area contributed by atoms with Crippen molar-refractivity contribution in [3.05, 3.63) is 35.6 Å². The van der Waals surface area contributed by atoms with Gasteiger partial charge in [0.15, 0.2) is 0 Å². The molecular weight excluding hydrogens is 303 g/mol. The number of hydrogen-bond donors (Lipinski definition) is 1. The van der Waals surface area contributed by atoms with Crippen molar-refractivity contribution in [3.8, 4) is 0 Å². The second-order valence-corrected chi connectivity index (χ2v) is 5.98. The first-order valence-corrected chi connectivity index (χ1v) is 7.76. The molecule has 1 saturated carbocycles. The molecule has 0 heterocycles. The van der Waals surface area contributed by atoms with Crippen molar-refractivity contribution in [1.82, 2.24) is 10.2 Å². The van der Waals surface area contributed by atoms with Gasteiger partial charge in [-0.1, -0.05) is 31.4 Å². The summed E-state index contributed by atoms with van der Waals surface area (Å²) in [4.78, 5) is 14.8. The molecular formula is C17H26ClFN2O. The molecule has 0 atom stereocenters. The summed E-state index contributed by atoms with van der Waals surface area (Å²) in [6, 6.07) is 6.59. The van der Waals surface area contributed by atoms with Crippen LogP contribution in [-0.4, -0.2) is 38.0 Å². The fourth-order valence-electron chi connectivity index (χ4n) is 3.31. The zero-order valence-electron chi connectivity index (χ0n) is 13.4. The van der Waals surface area contributed by atoms with Crippen LogP contribution < -0.4 is 5.32 Å². The summed E-state index contributed by atoms with van der Waals surface area (Å²) in [5.41, 5.74) is 0.298. The molecule has 3 nitrogen and oxygen atoms in total. The molecule has 1 aliphatic rings. The van der Waals surface area contributed by atoms with Gasteiger partial charge in [0.25, 0.3) is 0 Å². The van der Waals surface area contributed by atoms with Crippen LogP contribution in [0.15, 0.2) is 24.3 Å². The van der Waals surface area contributed by atoms with Crippen LogP contribution in [0.3, 0.4) is 0 Å². The second-order valence-electron chi connectivity index (χ2n) is 5.98. The number of likely N-dealkylation sites (N-methyl/N-ethyl adjacent to an activating group) is 2. The first-order chi connectivity index (χ1) is 10.1. The Morgan fingerprint density at radius 2 is 2.00 bits per heavy atom. The normalized spacial score (nSPS) is 16.7. The Balaban J connectivity index is 0.00000242. The lowest BCUT2D eigenvalue weighted by atomic mass is 9.68. The minimum Gasteiger partial charge on any atom is -0.344 e. The summed E-state index contributed by atoms with van der Waals surface area (Å²) >= 11 is 0. The molecule has 0 saturated heterocycles. The van der Waals surface area contributed by atoms with Gasteiger partial charge in [-0.15, -0.1) is 12.4 Å². The lowest BCUT2D eigenvalue weighted by Gasteiger charge is -2.39. The highest BCUT2D eigenvalue weighted by Gasteiger charge is 2.42. The SMILES string of the molecule is CNCCN(C)C(=O)C1(c2cccc(F)c2)CCCCC1.Cl. The molecule has 0 radical (unpaired) electrons. The molecule has 0 bridgehead atoms. The van der Waals surface area contributed by atoms with Crippen molar-refractivity contribution in [2.45, 2.75) is 37.5 Å². The molecule has 0 aromatic heterocycles. The summed E-state index contributed by atoms with van der Waals surface area (Å²) in [5, 5.41) is 3.06. The monoisotopic (exact) mass is 328 g/mol. The van der Waals surface area contributed by atoms with Gasteiger partial charge in [0.05, 0.1) is 5.41 Å². The number of amides is 1. The fraction of sp³-hybridized carbons (Fsp3) is 0.588. The van der Waals surface area contributed by atoms with E-state index in [0.29, 0.717) is 6.54 Å². The number of rotatable bonds is 5. The van der Waals surface area contributed by atoms with Crippen molar-refractivity contribution in [2.75, 3.05) is 27.2 Å². The number of halogens is 2.